The highest BCUT2D eigenvalue weighted by Gasteiger charge is 2.21. The van der Waals surface area contributed by atoms with E-state index in [2.05, 4.69) is 15.5 Å². The van der Waals surface area contributed by atoms with Crippen LogP contribution in [0.1, 0.15) is 37.0 Å². The zero-order valence-corrected chi connectivity index (χ0v) is 15.5. The van der Waals surface area contributed by atoms with Gasteiger partial charge in [0.1, 0.15) is 6.54 Å². The first kappa shape index (κ1) is 18.9. The van der Waals surface area contributed by atoms with Gasteiger partial charge in [0.25, 0.3) is 0 Å². The summed E-state index contributed by atoms with van der Waals surface area (Å²) >= 11 is 0. The summed E-state index contributed by atoms with van der Waals surface area (Å²) in [7, 11) is -3.59. The van der Waals surface area contributed by atoms with Crippen molar-refractivity contribution >= 4 is 21.6 Å². The average Bonchev–Trinajstić information content (AvgIpc) is 3.00. The topological polar surface area (TPSA) is 105 Å². The average molecular weight is 366 g/mol. The number of hydrogen-bond acceptors (Lipinski definition) is 6. The van der Waals surface area contributed by atoms with E-state index in [-0.39, 0.29) is 19.0 Å². The minimum atomic E-state index is -3.59. The quantitative estimate of drug-likeness (QED) is 0.798. The molecule has 0 spiro atoms. The van der Waals surface area contributed by atoms with Crippen molar-refractivity contribution in [3.63, 3.8) is 0 Å². The Kier molecular flexibility index (Phi) is 5.78. The lowest BCUT2D eigenvalue weighted by molar-refractivity contribution is -0.119. The van der Waals surface area contributed by atoms with Crippen molar-refractivity contribution in [2.24, 2.45) is 0 Å². The van der Waals surface area contributed by atoms with Crippen LogP contribution in [0.15, 0.2) is 28.8 Å². The van der Waals surface area contributed by atoms with E-state index in [0.29, 0.717) is 17.4 Å². The van der Waals surface area contributed by atoms with Crippen LogP contribution in [0.25, 0.3) is 0 Å². The number of sulfonamides is 1. The third-order valence-electron chi connectivity index (χ3n) is 3.43. The highest BCUT2D eigenvalue weighted by atomic mass is 32.2. The maximum absolute atomic E-state index is 12.2. The number of hydrogen-bond donors (Lipinski definition) is 1. The molecule has 1 N–H and O–H groups in total. The molecule has 2 aromatic rings. The normalized spacial score (nSPS) is 11.6. The molecule has 2 rings (SSSR count). The van der Waals surface area contributed by atoms with E-state index in [1.165, 1.54) is 0 Å². The number of anilines is 1. The summed E-state index contributed by atoms with van der Waals surface area (Å²) in [4.78, 5) is 16.3. The number of carbonyl (C=O) groups excluding carboxylic acids is 1. The van der Waals surface area contributed by atoms with Crippen LogP contribution in [0.5, 0.6) is 0 Å². The molecule has 0 saturated heterocycles. The Labute approximate surface area is 147 Å². The van der Waals surface area contributed by atoms with Gasteiger partial charge in [-0.15, -0.1) is 0 Å². The van der Waals surface area contributed by atoms with Gasteiger partial charge >= 0.3 is 0 Å². The van der Waals surface area contributed by atoms with Crippen molar-refractivity contribution in [2.75, 3.05) is 17.1 Å². The van der Waals surface area contributed by atoms with Crippen LogP contribution >= 0.6 is 0 Å². The first-order valence-corrected chi connectivity index (χ1v) is 9.65. The number of carbonyl (C=O) groups is 1. The van der Waals surface area contributed by atoms with E-state index in [4.69, 9.17) is 4.52 Å². The first-order valence-electron chi connectivity index (χ1n) is 7.80. The molecule has 9 heteroatoms. The smallest absolute Gasteiger partial charge is 0.241 e. The number of amides is 1. The molecule has 0 unspecified atom stereocenters. The molecule has 0 fully saturated rings. The lowest BCUT2D eigenvalue weighted by atomic mass is 10.2. The zero-order chi connectivity index (χ0) is 18.6. The minimum absolute atomic E-state index is 0.0700. The Balaban J connectivity index is 2.03. The van der Waals surface area contributed by atoms with Gasteiger partial charge < -0.3 is 9.84 Å². The van der Waals surface area contributed by atoms with Crippen molar-refractivity contribution in [1.29, 1.82) is 0 Å². The summed E-state index contributed by atoms with van der Waals surface area (Å²) in [5.41, 5.74) is 1.43. The van der Waals surface area contributed by atoms with E-state index in [1.54, 1.807) is 24.3 Å². The van der Waals surface area contributed by atoms with Gasteiger partial charge in [0.05, 0.1) is 18.5 Å². The van der Waals surface area contributed by atoms with E-state index in [1.807, 2.05) is 20.8 Å². The fourth-order valence-electron chi connectivity index (χ4n) is 2.05. The molecular weight excluding hydrogens is 344 g/mol. The van der Waals surface area contributed by atoms with Crippen LogP contribution in [0.4, 0.5) is 5.69 Å². The van der Waals surface area contributed by atoms with E-state index < -0.39 is 15.9 Å². The van der Waals surface area contributed by atoms with Gasteiger partial charge in [-0.3, -0.25) is 9.10 Å². The molecule has 0 aliphatic heterocycles. The van der Waals surface area contributed by atoms with Crippen LogP contribution in [-0.2, 0) is 21.4 Å². The molecule has 0 radical (unpaired) electrons. The summed E-state index contributed by atoms with van der Waals surface area (Å²) < 4.78 is 30.1. The number of rotatable bonds is 7. The number of aryl methyl sites for hydroxylation is 1. The standard InChI is InChI=1S/C16H22N4O4S/c1-11(2)16-18-14(19-24-16)9-17-15(21)10-20(25(4,22)23)13-7-5-12(3)6-8-13/h5-8,11H,9-10H2,1-4H3,(H,17,21). The number of benzene rings is 1. The highest BCUT2D eigenvalue weighted by Crippen LogP contribution is 2.17. The molecule has 1 heterocycles. The molecule has 0 saturated carbocycles. The minimum Gasteiger partial charge on any atom is -0.347 e. The Morgan fingerprint density at radius 3 is 2.44 bits per heavy atom. The maximum Gasteiger partial charge on any atom is 0.241 e. The molecule has 25 heavy (non-hydrogen) atoms. The third kappa shape index (κ3) is 5.28. The number of aromatic nitrogens is 2. The number of nitrogens with one attached hydrogen (secondary N) is 1. The lowest BCUT2D eigenvalue weighted by Gasteiger charge is -2.21. The zero-order valence-electron chi connectivity index (χ0n) is 14.7. The summed E-state index contributed by atoms with van der Waals surface area (Å²) in [6.07, 6.45) is 1.06. The van der Waals surface area contributed by atoms with Gasteiger partial charge in [-0.05, 0) is 19.1 Å². The summed E-state index contributed by atoms with van der Waals surface area (Å²) in [5.74, 6) is 0.473. The molecule has 1 aromatic heterocycles. The molecule has 1 aromatic carbocycles. The first-order chi connectivity index (χ1) is 11.7. The molecule has 136 valence electrons. The van der Waals surface area contributed by atoms with Crippen molar-refractivity contribution < 1.29 is 17.7 Å². The predicted octanol–water partition coefficient (Wildman–Crippen LogP) is 1.58. The second-order valence-corrected chi connectivity index (χ2v) is 7.99. The van der Waals surface area contributed by atoms with Gasteiger partial charge in [-0.25, -0.2) is 8.42 Å². The Hall–Kier alpha value is -2.42. The van der Waals surface area contributed by atoms with Gasteiger partial charge in [-0.2, -0.15) is 4.98 Å². The third-order valence-corrected chi connectivity index (χ3v) is 4.57. The largest absolute Gasteiger partial charge is 0.347 e. The van der Waals surface area contributed by atoms with Crippen LogP contribution < -0.4 is 9.62 Å². The molecule has 0 aliphatic rings. The van der Waals surface area contributed by atoms with E-state index >= 15 is 0 Å². The predicted molar refractivity (Wildman–Crippen MR) is 93.6 cm³/mol. The van der Waals surface area contributed by atoms with Crippen LogP contribution in [0.2, 0.25) is 0 Å². The Morgan fingerprint density at radius 1 is 1.28 bits per heavy atom. The van der Waals surface area contributed by atoms with Gasteiger partial charge in [-0.1, -0.05) is 36.7 Å². The second-order valence-electron chi connectivity index (χ2n) is 6.09. The summed E-state index contributed by atoms with van der Waals surface area (Å²) in [6.45, 7) is 5.48. The molecule has 0 bridgehead atoms. The van der Waals surface area contributed by atoms with Crippen LogP contribution in [0.3, 0.4) is 0 Å². The molecule has 8 nitrogen and oxygen atoms in total. The monoisotopic (exact) mass is 366 g/mol. The van der Waals surface area contributed by atoms with E-state index in [0.717, 1.165) is 16.1 Å². The summed E-state index contributed by atoms with van der Waals surface area (Å²) in [5, 5.41) is 6.38. The molecular formula is C16H22N4O4S. The van der Waals surface area contributed by atoms with Gasteiger partial charge in [0, 0.05) is 5.92 Å². The van der Waals surface area contributed by atoms with Crippen molar-refractivity contribution in [3.05, 3.63) is 41.5 Å². The molecule has 1 amide bonds. The van der Waals surface area contributed by atoms with Crippen molar-refractivity contribution in [1.82, 2.24) is 15.5 Å². The van der Waals surface area contributed by atoms with Crippen molar-refractivity contribution in [2.45, 2.75) is 33.2 Å². The fraction of sp³-hybridized carbons (Fsp3) is 0.438. The van der Waals surface area contributed by atoms with Crippen LogP contribution in [0, 0.1) is 6.92 Å². The molecule has 0 atom stereocenters. The maximum atomic E-state index is 12.2. The fourth-order valence-corrected chi connectivity index (χ4v) is 2.91. The van der Waals surface area contributed by atoms with E-state index in [9.17, 15) is 13.2 Å². The SMILES string of the molecule is Cc1ccc(N(CC(=O)NCc2noc(C(C)C)n2)S(C)(=O)=O)cc1. The van der Waals surface area contributed by atoms with Crippen LogP contribution in [-0.4, -0.2) is 37.3 Å². The second kappa shape index (κ2) is 7.64. The lowest BCUT2D eigenvalue weighted by Crippen LogP contribution is -2.40. The molecule has 0 aliphatic carbocycles. The highest BCUT2D eigenvalue weighted by molar-refractivity contribution is 7.92. The Morgan fingerprint density at radius 2 is 1.92 bits per heavy atom. The van der Waals surface area contributed by atoms with Gasteiger partial charge in [0.15, 0.2) is 5.82 Å². The Bertz CT molecular complexity index is 828. The number of nitrogens with zero attached hydrogens (tertiary/aromatic N) is 3. The van der Waals surface area contributed by atoms with Gasteiger partial charge in [0.2, 0.25) is 21.8 Å². The summed E-state index contributed by atoms with van der Waals surface area (Å²) in [6, 6.07) is 6.91. The van der Waals surface area contributed by atoms with Crippen molar-refractivity contribution in [3.8, 4) is 0 Å².